The van der Waals surface area contributed by atoms with Crippen LogP contribution in [0.1, 0.15) is 40.5 Å². The second-order valence-electron chi connectivity index (χ2n) is 9.94. The maximum atomic E-state index is 14.7. The predicted molar refractivity (Wildman–Crippen MR) is 126 cm³/mol. The van der Waals surface area contributed by atoms with Crippen molar-refractivity contribution in [3.8, 4) is 0 Å². The van der Waals surface area contributed by atoms with Crippen LogP contribution < -0.4 is 4.90 Å². The molecule has 0 aliphatic carbocycles. The molecule has 1 aliphatic rings. The average molecular weight is 510 g/mol. The van der Waals surface area contributed by atoms with Crippen LogP contribution in [0.25, 0.3) is 10.9 Å². The SMILES string of the molecule is CC(C)(C)[Si](C)(C)OC[C@@H]1CC[C@@](C)(O)CN1c1nc(Cl)nc2c(F)c(Cl)nc(Cl)c12. The minimum atomic E-state index is -2.01. The van der Waals surface area contributed by atoms with Crippen LogP contribution in [0.15, 0.2) is 0 Å². The van der Waals surface area contributed by atoms with Crippen molar-refractivity contribution in [1.29, 1.82) is 0 Å². The summed E-state index contributed by atoms with van der Waals surface area (Å²) in [6, 6.07) is -0.113. The van der Waals surface area contributed by atoms with Crippen LogP contribution in [0, 0.1) is 5.82 Å². The standard InChI is InChI=1S/C20H28Cl3FN4O2Si/c1-19(2,3)31(5,6)30-9-11-7-8-20(4,29)10-28(11)17-12-14(25-18(23)27-17)13(24)16(22)26-15(12)21/h11,29H,7-10H2,1-6H3/t11-,20+/m0/s1. The molecule has 0 spiro atoms. The molecule has 2 aromatic rings. The van der Waals surface area contributed by atoms with Crippen molar-refractivity contribution in [1.82, 2.24) is 15.0 Å². The largest absolute Gasteiger partial charge is 0.415 e. The molecular formula is C20H28Cl3FN4O2Si. The third-order valence-electron chi connectivity index (χ3n) is 6.34. The molecule has 0 bridgehead atoms. The monoisotopic (exact) mass is 508 g/mol. The minimum absolute atomic E-state index is 0.0256. The lowest BCUT2D eigenvalue weighted by molar-refractivity contribution is 0.0311. The molecule has 3 rings (SSSR count). The van der Waals surface area contributed by atoms with Gasteiger partial charge >= 0.3 is 0 Å². The molecule has 0 unspecified atom stereocenters. The van der Waals surface area contributed by atoms with Gasteiger partial charge in [-0.3, -0.25) is 0 Å². The molecule has 1 fully saturated rings. The van der Waals surface area contributed by atoms with E-state index in [0.29, 0.717) is 25.3 Å². The van der Waals surface area contributed by atoms with E-state index in [1.54, 1.807) is 6.92 Å². The van der Waals surface area contributed by atoms with Gasteiger partial charge in [0.05, 0.1) is 23.6 Å². The van der Waals surface area contributed by atoms with Crippen LogP contribution in [-0.2, 0) is 4.43 Å². The van der Waals surface area contributed by atoms with Gasteiger partial charge in [0.1, 0.15) is 16.5 Å². The molecule has 1 N–H and O–H groups in total. The molecule has 6 nitrogen and oxygen atoms in total. The van der Waals surface area contributed by atoms with E-state index in [1.807, 2.05) is 4.90 Å². The fraction of sp³-hybridized carbons (Fsp3) is 0.650. The van der Waals surface area contributed by atoms with Gasteiger partial charge in [0.25, 0.3) is 0 Å². The highest BCUT2D eigenvalue weighted by Gasteiger charge is 2.41. The van der Waals surface area contributed by atoms with E-state index in [0.717, 1.165) is 0 Å². The van der Waals surface area contributed by atoms with E-state index in [9.17, 15) is 9.50 Å². The molecular weight excluding hydrogens is 482 g/mol. The fourth-order valence-electron chi connectivity index (χ4n) is 3.42. The lowest BCUT2D eigenvalue weighted by Crippen LogP contribution is -2.55. The lowest BCUT2D eigenvalue weighted by Gasteiger charge is -2.45. The Hall–Kier alpha value is -0.773. The number of nitrogens with zero attached hydrogens (tertiary/aromatic N) is 4. The van der Waals surface area contributed by atoms with Crippen molar-refractivity contribution in [3.63, 3.8) is 0 Å². The van der Waals surface area contributed by atoms with Crippen LogP contribution in [0.5, 0.6) is 0 Å². The third-order valence-corrected chi connectivity index (χ3v) is 11.5. The van der Waals surface area contributed by atoms with Gasteiger partial charge in [0.15, 0.2) is 19.3 Å². The summed E-state index contributed by atoms with van der Waals surface area (Å²) >= 11 is 18.3. The van der Waals surface area contributed by atoms with Gasteiger partial charge in [0.2, 0.25) is 5.28 Å². The third kappa shape index (κ3) is 5.09. The number of anilines is 1. The van der Waals surface area contributed by atoms with E-state index < -0.39 is 19.7 Å². The van der Waals surface area contributed by atoms with Crippen LogP contribution >= 0.6 is 34.8 Å². The first-order chi connectivity index (χ1) is 14.1. The highest BCUT2D eigenvalue weighted by atomic mass is 35.5. The number of halogens is 4. The number of rotatable bonds is 4. The van der Waals surface area contributed by atoms with Crippen molar-refractivity contribution in [2.45, 2.75) is 70.3 Å². The van der Waals surface area contributed by atoms with Gasteiger partial charge in [-0.1, -0.05) is 44.0 Å². The minimum Gasteiger partial charge on any atom is -0.415 e. The fourth-order valence-corrected chi connectivity index (χ4v) is 5.10. The van der Waals surface area contributed by atoms with Crippen LogP contribution in [0.3, 0.4) is 0 Å². The number of hydrogen-bond donors (Lipinski definition) is 1. The van der Waals surface area contributed by atoms with E-state index in [4.69, 9.17) is 39.2 Å². The summed E-state index contributed by atoms with van der Waals surface area (Å²) in [7, 11) is -2.01. The van der Waals surface area contributed by atoms with Gasteiger partial charge in [0, 0.05) is 6.54 Å². The van der Waals surface area contributed by atoms with Crippen LogP contribution in [0.4, 0.5) is 10.2 Å². The first-order valence-corrected chi connectivity index (χ1v) is 14.2. The topological polar surface area (TPSA) is 71.4 Å². The zero-order valence-electron chi connectivity index (χ0n) is 18.6. The van der Waals surface area contributed by atoms with Gasteiger partial charge in [-0.05, 0) is 49.5 Å². The highest BCUT2D eigenvalue weighted by Crippen LogP contribution is 2.40. The number of aliphatic hydroxyl groups is 1. The van der Waals surface area contributed by atoms with E-state index >= 15 is 0 Å². The molecule has 0 saturated carbocycles. The number of pyridine rings is 1. The van der Waals surface area contributed by atoms with Gasteiger partial charge < -0.3 is 14.4 Å². The molecule has 31 heavy (non-hydrogen) atoms. The Kier molecular flexibility index (Phi) is 6.85. The Morgan fingerprint density at radius 2 is 1.84 bits per heavy atom. The first kappa shape index (κ1) is 24.9. The Morgan fingerprint density at radius 1 is 1.19 bits per heavy atom. The summed E-state index contributed by atoms with van der Waals surface area (Å²) in [4.78, 5) is 14.1. The molecule has 172 valence electrons. The van der Waals surface area contributed by atoms with Crippen molar-refractivity contribution in [2.75, 3.05) is 18.1 Å². The number of piperidine rings is 1. The Morgan fingerprint density at radius 3 is 2.45 bits per heavy atom. The summed E-state index contributed by atoms with van der Waals surface area (Å²) in [5, 5.41) is 10.5. The second kappa shape index (κ2) is 8.54. The maximum absolute atomic E-state index is 14.7. The van der Waals surface area contributed by atoms with Crippen LogP contribution in [0.2, 0.25) is 33.7 Å². The van der Waals surface area contributed by atoms with Crippen molar-refractivity contribution in [3.05, 3.63) is 21.4 Å². The molecule has 0 aromatic carbocycles. The molecule has 2 aromatic heterocycles. The molecule has 11 heteroatoms. The number of fused-ring (bicyclic) bond motifs is 1. The molecule has 0 amide bonds. The average Bonchev–Trinajstić information content (AvgIpc) is 2.63. The van der Waals surface area contributed by atoms with E-state index in [-0.39, 0.29) is 44.1 Å². The van der Waals surface area contributed by atoms with Gasteiger partial charge in [-0.25, -0.2) is 14.4 Å². The lowest BCUT2D eigenvalue weighted by atomic mass is 9.90. The molecule has 3 heterocycles. The van der Waals surface area contributed by atoms with E-state index in [2.05, 4.69) is 48.8 Å². The van der Waals surface area contributed by atoms with Crippen molar-refractivity contribution >= 4 is 59.8 Å². The van der Waals surface area contributed by atoms with Crippen molar-refractivity contribution < 1.29 is 13.9 Å². The summed E-state index contributed by atoms with van der Waals surface area (Å²) in [6.07, 6.45) is 1.25. The molecule has 2 atom stereocenters. The highest BCUT2D eigenvalue weighted by molar-refractivity contribution is 6.74. The maximum Gasteiger partial charge on any atom is 0.225 e. The van der Waals surface area contributed by atoms with E-state index in [1.165, 1.54) is 0 Å². The predicted octanol–water partition coefficient (Wildman–Crippen LogP) is 5.87. The van der Waals surface area contributed by atoms with Gasteiger partial charge in [-0.15, -0.1) is 0 Å². The molecule has 0 radical (unpaired) electrons. The summed E-state index contributed by atoms with van der Waals surface area (Å²) in [6.45, 7) is 13.4. The Bertz CT molecular complexity index is 1000. The normalized spacial score (nSPS) is 22.9. The quantitative estimate of drug-likeness (QED) is 0.316. The summed E-state index contributed by atoms with van der Waals surface area (Å²) in [5.74, 6) is -0.503. The van der Waals surface area contributed by atoms with Gasteiger partial charge in [-0.2, -0.15) is 4.98 Å². The first-order valence-electron chi connectivity index (χ1n) is 10.1. The Labute approximate surface area is 198 Å². The van der Waals surface area contributed by atoms with Crippen LogP contribution in [-0.4, -0.2) is 53.2 Å². The molecule has 1 saturated heterocycles. The number of aromatic nitrogens is 3. The number of β-amino-alcohol motifs (C(OH)–C–C–N with tert-alkyl or cyclic N) is 1. The summed E-state index contributed by atoms with van der Waals surface area (Å²) < 4.78 is 21.2. The molecule has 1 aliphatic heterocycles. The number of hydrogen-bond acceptors (Lipinski definition) is 6. The zero-order valence-corrected chi connectivity index (χ0v) is 21.8. The summed E-state index contributed by atoms with van der Waals surface area (Å²) in [5.41, 5.74) is -1.07. The van der Waals surface area contributed by atoms with Crippen molar-refractivity contribution in [2.24, 2.45) is 0 Å². The smallest absolute Gasteiger partial charge is 0.225 e. The zero-order chi connectivity index (χ0) is 23.4. The second-order valence-corrected chi connectivity index (χ2v) is 15.8. The Balaban J connectivity index is 2.08.